The molecule has 2 heterocycles. The van der Waals surface area contributed by atoms with E-state index in [-0.39, 0.29) is 38.9 Å². The molecule has 0 amide bonds. The third-order valence-corrected chi connectivity index (χ3v) is 7.73. The van der Waals surface area contributed by atoms with E-state index in [4.69, 9.17) is 14.2 Å². The van der Waals surface area contributed by atoms with Crippen molar-refractivity contribution >= 4 is 23.4 Å². The van der Waals surface area contributed by atoms with Gasteiger partial charge in [0.05, 0.1) is 35.6 Å². The summed E-state index contributed by atoms with van der Waals surface area (Å²) < 4.78 is 86.5. The van der Waals surface area contributed by atoms with Crippen molar-refractivity contribution in [1.82, 2.24) is 4.57 Å². The number of methoxy groups -OCH3 is 1. The molecule has 0 saturated carbocycles. The Labute approximate surface area is 250 Å². The van der Waals surface area contributed by atoms with Gasteiger partial charge < -0.3 is 14.2 Å². The summed E-state index contributed by atoms with van der Waals surface area (Å²) in [5, 5.41) is 0. The minimum absolute atomic E-state index is 0.0759. The zero-order chi connectivity index (χ0) is 31.7. The van der Waals surface area contributed by atoms with Crippen molar-refractivity contribution in [3.8, 4) is 11.5 Å². The molecule has 1 aliphatic rings. The molecule has 3 aromatic carbocycles. The number of hydrogen-bond donors (Lipinski definition) is 0. The van der Waals surface area contributed by atoms with Crippen LogP contribution in [0.2, 0.25) is 0 Å². The van der Waals surface area contributed by atoms with Crippen molar-refractivity contribution in [2.45, 2.75) is 26.5 Å². The average molecular weight is 631 g/mol. The zero-order valence-corrected chi connectivity index (χ0v) is 24.2. The maximum Gasteiger partial charge on any atom is 0.338 e. The molecule has 13 heteroatoms. The molecule has 0 saturated heterocycles. The van der Waals surface area contributed by atoms with Crippen LogP contribution in [0.25, 0.3) is 6.08 Å². The summed E-state index contributed by atoms with van der Waals surface area (Å²) in [6, 6.07) is 9.16. The highest BCUT2D eigenvalue weighted by atomic mass is 32.1. The first-order valence-electron chi connectivity index (χ1n) is 13.1. The first kappa shape index (κ1) is 30.7. The minimum Gasteiger partial charge on any atom is -0.496 e. The van der Waals surface area contributed by atoms with Gasteiger partial charge in [-0.2, -0.15) is 8.78 Å². The predicted octanol–water partition coefficient (Wildman–Crippen LogP) is 5.08. The van der Waals surface area contributed by atoms with Crippen molar-refractivity contribution < 1.29 is 41.0 Å². The highest BCUT2D eigenvalue weighted by Crippen LogP contribution is 2.31. The van der Waals surface area contributed by atoms with E-state index >= 15 is 0 Å². The lowest BCUT2D eigenvalue weighted by atomic mass is 9.96. The van der Waals surface area contributed by atoms with Gasteiger partial charge in [0, 0.05) is 11.6 Å². The van der Waals surface area contributed by atoms with Crippen LogP contribution in [0.5, 0.6) is 11.5 Å². The molecule has 7 nitrogen and oxygen atoms in total. The van der Waals surface area contributed by atoms with Crippen LogP contribution >= 0.6 is 11.3 Å². The lowest BCUT2D eigenvalue weighted by molar-refractivity contribution is -0.139. The van der Waals surface area contributed by atoms with Gasteiger partial charge in [-0.15, -0.1) is 0 Å². The van der Waals surface area contributed by atoms with Crippen LogP contribution in [0, 0.1) is 29.1 Å². The summed E-state index contributed by atoms with van der Waals surface area (Å²) in [6.45, 7) is 2.82. The number of nitrogens with zero attached hydrogens (tertiary/aromatic N) is 2. The maximum atomic E-state index is 14.1. The molecule has 44 heavy (non-hydrogen) atoms. The minimum atomic E-state index is -1.69. The van der Waals surface area contributed by atoms with E-state index in [9.17, 15) is 31.5 Å². The van der Waals surface area contributed by atoms with E-state index < -0.39 is 59.0 Å². The van der Waals surface area contributed by atoms with Gasteiger partial charge in [-0.05, 0) is 55.3 Å². The number of halogens is 5. The van der Waals surface area contributed by atoms with Gasteiger partial charge >= 0.3 is 5.97 Å². The molecule has 0 N–H and O–H groups in total. The highest BCUT2D eigenvalue weighted by molar-refractivity contribution is 7.07. The fraction of sp³-hybridized carbons (Fsp3) is 0.194. The predicted molar refractivity (Wildman–Crippen MR) is 150 cm³/mol. The van der Waals surface area contributed by atoms with E-state index in [0.717, 1.165) is 11.3 Å². The number of benzene rings is 3. The number of esters is 1. The van der Waals surface area contributed by atoms with E-state index in [2.05, 4.69) is 4.99 Å². The first-order valence-corrected chi connectivity index (χ1v) is 13.9. The monoisotopic (exact) mass is 630 g/mol. The molecular formula is C31H23F5N2O5S. The largest absolute Gasteiger partial charge is 0.496 e. The van der Waals surface area contributed by atoms with Crippen LogP contribution in [0.4, 0.5) is 22.0 Å². The lowest BCUT2D eigenvalue weighted by Crippen LogP contribution is -2.39. The Bertz CT molecular complexity index is 1960. The average Bonchev–Trinajstić information content (AvgIpc) is 3.29. The van der Waals surface area contributed by atoms with E-state index in [1.54, 1.807) is 19.9 Å². The number of aromatic nitrogens is 1. The standard InChI is InChI=1S/C31H23F5N2O5S/c1-4-42-30(40)24-15(2)37-31-38(27(24)17-6-8-19(32)9-7-17)29(39)23(44-31)12-16-5-10-22(41-3)18(11-16)14-43-28-25(35)20(33)13-21(34)26(28)36/h5-13,27H,4,14H2,1-3H3/b23-12-/t27-/m0/s1. The van der Waals surface area contributed by atoms with Crippen LogP contribution in [-0.4, -0.2) is 24.3 Å². The number of rotatable bonds is 8. The summed E-state index contributed by atoms with van der Waals surface area (Å²) in [5.41, 5.74) is 1.14. The molecule has 0 aliphatic carbocycles. The van der Waals surface area contributed by atoms with Crippen molar-refractivity contribution in [3.05, 3.63) is 125 Å². The summed E-state index contributed by atoms with van der Waals surface area (Å²) in [5.74, 6) is -8.74. The van der Waals surface area contributed by atoms with Crippen molar-refractivity contribution in [3.63, 3.8) is 0 Å². The summed E-state index contributed by atoms with van der Waals surface area (Å²) in [4.78, 5) is 31.5. The van der Waals surface area contributed by atoms with Gasteiger partial charge in [0.25, 0.3) is 5.56 Å². The molecular weight excluding hydrogens is 607 g/mol. The molecule has 1 aromatic heterocycles. The lowest BCUT2D eigenvalue weighted by Gasteiger charge is -2.24. The molecule has 0 unspecified atom stereocenters. The SMILES string of the molecule is CCOC(=O)C1=C(C)N=c2s/c(=C\c3ccc(OC)c(COc4c(F)c(F)cc(F)c4F)c3)c(=O)n2[C@H]1c1ccc(F)cc1. The number of hydrogen-bond acceptors (Lipinski definition) is 7. The molecule has 5 rings (SSSR count). The number of thiazole rings is 1. The van der Waals surface area contributed by atoms with E-state index in [0.29, 0.717) is 16.8 Å². The second-order valence-corrected chi connectivity index (χ2v) is 10.5. The van der Waals surface area contributed by atoms with Crippen LogP contribution in [0.3, 0.4) is 0 Å². The third-order valence-electron chi connectivity index (χ3n) is 6.75. The van der Waals surface area contributed by atoms with E-state index in [1.165, 1.54) is 54.2 Å². The van der Waals surface area contributed by atoms with Crippen molar-refractivity contribution in [2.75, 3.05) is 13.7 Å². The van der Waals surface area contributed by atoms with Gasteiger partial charge in [0.1, 0.15) is 18.2 Å². The molecule has 1 atom stereocenters. The van der Waals surface area contributed by atoms with Crippen LogP contribution in [0.1, 0.15) is 36.6 Å². The second kappa shape index (κ2) is 12.4. The molecule has 0 spiro atoms. The molecule has 0 bridgehead atoms. The number of carbonyl (C=O) groups is 1. The Hall–Kier alpha value is -4.78. The Morgan fingerprint density at radius 2 is 1.70 bits per heavy atom. The number of carbonyl (C=O) groups excluding carboxylic acids is 1. The normalized spacial score (nSPS) is 14.7. The number of fused-ring (bicyclic) bond motifs is 1. The summed E-state index contributed by atoms with van der Waals surface area (Å²) in [7, 11) is 1.35. The van der Waals surface area contributed by atoms with Gasteiger partial charge in [-0.25, -0.2) is 23.0 Å². The van der Waals surface area contributed by atoms with Crippen LogP contribution < -0.4 is 24.4 Å². The Morgan fingerprint density at radius 1 is 1.02 bits per heavy atom. The summed E-state index contributed by atoms with van der Waals surface area (Å²) in [6.07, 6.45) is 1.53. The molecule has 228 valence electrons. The Morgan fingerprint density at radius 3 is 2.34 bits per heavy atom. The highest BCUT2D eigenvalue weighted by Gasteiger charge is 2.33. The topological polar surface area (TPSA) is 79.1 Å². The second-order valence-electron chi connectivity index (χ2n) is 9.51. The van der Waals surface area contributed by atoms with Gasteiger partial charge in [-0.1, -0.05) is 29.5 Å². The van der Waals surface area contributed by atoms with Crippen molar-refractivity contribution in [2.24, 2.45) is 4.99 Å². The van der Waals surface area contributed by atoms with Crippen molar-refractivity contribution in [1.29, 1.82) is 0 Å². The molecule has 0 fully saturated rings. The Balaban J connectivity index is 1.58. The van der Waals surface area contributed by atoms with Crippen LogP contribution in [-0.2, 0) is 16.1 Å². The number of allylic oxidation sites excluding steroid dienone is 1. The maximum absolute atomic E-state index is 14.1. The van der Waals surface area contributed by atoms with Gasteiger partial charge in [0.15, 0.2) is 22.2 Å². The molecule has 1 aliphatic heterocycles. The third kappa shape index (κ3) is 5.74. The van der Waals surface area contributed by atoms with Gasteiger partial charge in [0.2, 0.25) is 11.6 Å². The first-order chi connectivity index (χ1) is 21.0. The quantitative estimate of drug-likeness (QED) is 0.154. The number of ether oxygens (including phenoxy) is 3. The smallest absolute Gasteiger partial charge is 0.338 e. The Kier molecular flexibility index (Phi) is 8.68. The fourth-order valence-electron chi connectivity index (χ4n) is 4.73. The van der Waals surface area contributed by atoms with Gasteiger partial charge in [-0.3, -0.25) is 9.36 Å². The zero-order valence-electron chi connectivity index (χ0n) is 23.4. The summed E-state index contributed by atoms with van der Waals surface area (Å²) >= 11 is 1.05. The van der Waals surface area contributed by atoms with E-state index in [1.807, 2.05) is 0 Å². The van der Waals surface area contributed by atoms with Crippen LogP contribution in [0.15, 0.2) is 69.6 Å². The fourth-order valence-corrected chi connectivity index (χ4v) is 5.78. The molecule has 0 radical (unpaired) electrons. The molecule has 4 aromatic rings.